The summed E-state index contributed by atoms with van der Waals surface area (Å²) in [6.45, 7) is 2.81. The molecule has 0 saturated carbocycles. The second-order valence-corrected chi connectivity index (χ2v) is 5.49. The zero-order valence-electron chi connectivity index (χ0n) is 12.5. The Morgan fingerprint density at radius 1 is 1.00 bits per heavy atom. The van der Waals surface area contributed by atoms with Crippen molar-refractivity contribution in [2.75, 3.05) is 6.61 Å². The van der Waals surface area contributed by atoms with E-state index in [9.17, 15) is 0 Å². The van der Waals surface area contributed by atoms with E-state index in [4.69, 9.17) is 14.8 Å². The fourth-order valence-corrected chi connectivity index (χ4v) is 2.71. The van der Waals surface area contributed by atoms with Crippen LogP contribution in [0.1, 0.15) is 63.0 Å². The number of rotatable bonds is 8. The maximum absolute atomic E-state index is 5.21. The summed E-state index contributed by atoms with van der Waals surface area (Å²) in [5.41, 5.74) is 2.63. The lowest BCUT2D eigenvalue weighted by molar-refractivity contribution is -0.466. The van der Waals surface area contributed by atoms with Crippen LogP contribution in [-0.4, -0.2) is 6.61 Å². The van der Waals surface area contributed by atoms with Crippen LogP contribution in [0.3, 0.4) is 0 Å². The van der Waals surface area contributed by atoms with Gasteiger partial charge in [0.2, 0.25) is 0 Å². The van der Waals surface area contributed by atoms with Gasteiger partial charge in [-0.15, -0.1) is 0 Å². The first-order valence-electron chi connectivity index (χ1n) is 7.98. The maximum atomic E-state index is 5.21. The quantitative estimate of drug-likeness (QED) is 0.506. The van der Waals surface area contributed by atoms with Crippen LogP contribution in [0.15, 0.2) is 18.2 Å². The molecule has 1 aliphatic rings. The molecule has 0 N–H and O–H groups in total. The molecular weight excluding hydrogens is 252 g/mol. The Labute approximate surface area is 122 Å². The third-order valence-electron chi connectivity index (χ3n) is 3.89. The van der Waals surface area contributed by atoms with E-state index in [1.54, 1.807) is 0 Å². The van der Waals surface area contributed by atoms with E-state index >= 15 is 0 Å². The van der Waals surface area contributed by atoms with Crippen LogP contribution in [0.4, 0.5) is 0 Å². The molecule has 20 heavy (non-hydrogen) atoms. The molecule has 112 valence electrons. The third-order valence-corrected chi connectivity index (χ3v) is 3.89. The van der Waals surface area contributed by atoms with Gasteiger partial charge in [0.25, 0.3) is 0 Å². The van der Waals surface area contributed by atoms with Crippen LogP contribution in [-0.2, 0) is 22.8 Å². The number of unbranched alkanes of at least 4 members (excludes halogenated alkanes) is 6. The predicted octanol–water partition coefficient (Wildman–Crippen LogP) is 4.78. The van der Waals surface area contributed by atoms with E-state index in [2.05, 4.69) is 13.0 Å². The fourth-order valence-electron chi connectivity index (χ4n) is 2.71. The molecule has 0 fully saturated rings. The van der Waals surface area contributed by atoms with Gasteiger partial charge >= 0.3 is 0 Å². The normalized spacial score (nSPS) is 14.4. The SMILES string of the molecule is CCCCCCCCCc1c2cccc1OOOCC2. The van der Waals surface area contributed by atoms with Crippen molar-refractivity contribution in [1.29, 1.82) is 0 Å². The molecule has 0 saturated heterocycles. The lowest BCUT2D eigenvalue weighted by Gasteiger charge is -2.16. The minimum atomic E-state index is 0.549. The molecule has 2 rings (SSSR count). The summed E-state index contributed by atoms with van der Waals surface area (Å²) in [7, 11) is 0. The monoisotopic (exact) mass is 278 g/mol. The molecule has 0 amide bonds. The maximum Gasteiger partial charge on any atom is 0.172 e. The molecule has 1 aromatic carbocycles. The van der Waals surface area contributed by atoms with Gasteiger partial charge in [-0.25, -0.2) is 0 Å². The first-order valence-corrected chi connectivity index (χ1v) is 7.98. The Bertz CT molecular complexity index is 366. The highest BCUT2D eigenvalue weighted by Crippen LogP contribution is 2.27. The molecule has 0 aliphatic carbocycles. The van der Waals surface area contributed by atoms with Gasteiger partial charge in [0, 0.05) is 5.56 Å². The van der Waals surface area contributed by atoms with Crippen LogP contribution >= 0.6 is 0 Å². The fraction of sp³-hybridized carbons (Fsp3) is 0.647. The van der Waals surface area contributed by atoms with E-state index in [0.717, 1.165) is 18.6 Å². The highest BCUT2D eigenvalue weighted by atomic mass is 17.5. The van der Waals surface area contributed by atoms with Gasteiger partial charge < -0.3 is 4.89 Å². The molecule has 0 radical (unpaired) electrons. The summed E-state index contributed by atoms with van der Waals surface area (Å²) in [5.74, 6) is 0.813. The van der Waals surface area contributed by atoms with Crippen LogP contribution in [0.25, 0.3) is 0 Å². The summed E-state index contributed by atoms with van der Waals surface area (Å²) in [4.78, 5) is 10.1. The number of fused-ring (bicyclic) bond motifs is 2. The van der Waals surface area contributed by atoms with E-state index in [-0.39, 0.29) is 0 Å². The van der Waals surface area contributed by atoms with Crippen molar-refractivity contribution >= 4 is 0 Å². The topological polar surface area (TPSA) is 27.7 Å². The second kappa shape index (κ2) is 8.98. The van der Waals surface area contributed by atoms with Crippen LogP contribution in [0, 0.1) is 0 Å². The molecule has 0 aromatic heterocycles. The summed E-state index contributed by atoms with van der Waals surface area (Å²) >= 11 is 0. The van der Waals surface area contributed by atoms with Crippen molar-refractivity contribution < 1.29 is 14.8 Å². The van der Waals surface area contributed by atoms with Crippen molar-refractivity contribution in [1.82, 2.24) is 0 Å². The minimum absolute atomic E-state index is 0.549. The molecule has 3 heteroatoms. The summed E-state index contributed by atoms with van der Waals surface area (Å²) in [6, 6.07) is 6.14. The van der Waals surface area contributed by atoms with Crippen molar-refractivity contribution in [3.8, 4) is 5.75 Å². The van der Waals surface area contributed by atoms with Crippen molar-refractivity contribution in [3.63, 3.8) is 0 Å². The van der Waals surface area contributed by atoms with Gasteiger partial charge in [0.05, 0.1) is 6.61 Å². The van der Waals surface area contributed by atoms with Crippen molar-refractivity contribution in [3.05, 3.63) is 29.3 Å². The molecule has 3 nitrogen and oxygen atoms in total. The van der Waals surface area contributed by atoms with Gasteiger partial charge in [-0.1, -0.05) is 57.6 Å². The van der Waals surface area contributed by atoms with Gasteiger partial charge in [-0.05, 0) is 35.9 Å². The van der Waals surface area contributed by atoms with Gasteiger partial charge in [0.15, 0.2) is 5.75 Å². The summed E-state index contributed by atoms with van der Waals surface area (Å²) in [6.07, 6.45) is 11.3. The lowest BCUT2D eigenvalue weighted by atomic mass is 9.97. The van der Waals surface area contributed by atoms with Crippen LogP contribution < -0.4 is 4.89 Å². The lowest BCUT2D eigenvalue weighted by Crippen LogP contribution is -2.11. The average molecular weight is 278 g/mol. The van der Waals surface area contributed by atoms with Gasteiger partial charge in [-0.2, -0.15) is 4.89 Å². The third kappa shape index (κ3) is 4.80. The average Bonchev–Trinajstić information content (AvgIpc) is 2.47. The van der Waals surface area contributed by atoms with Gasteiger partial charge in [-0.3, -0.25) is 0 Å². The summed E-state index contributed by atoms with van der Waals surface area (Å²) < 4.78 is 0. The Balaban J connectivity index is 1.78. The van der Waals surface area contributed by atoms with Crippen LogP contribution in [0.5, 0.6) is 5.75 Å². The van der Waals surface area contributed by atoms with Crippen LogP contribution in [0.2, 0.25) is 0 Å². The second-order valence-electron chi connectivity index (χ2n) is 5.49. The summed E-state index contributed by atoms with van der Waals surface area (Å²) in [5, 5.41) is 4.73. The van der Waals surface area contributed by atoms with E-state index < -0.39 is 0 Å². The van der Waals surface area contributed by atoms with Gasteiger partial charge in [0.1, 0.15) is 0 Å². The molecule has 1 aliphatic heterocycles. The van der Waals surface area contributed by atoms with Crippen molar-refractivity contribution in [2.45, 2.75) is 64.7 Å². The minimum Gasteiger partial charge on any atom is -0.308 e. The van der Waals surface area contributed by atoms with Crippen molar-refractivity contribution in [2.24, 2.45) is 0 Å². The Kier molecular flexibility index (Phi) is 6.89. The largest absolute Gasteiger partial charge is 0.308 e. The van der Waals surface area contributed by atoms with E-state index in [0.29, 0.717) is 6.61 Å². The molecule has 1 heterocycles. The number of hydrogen-bond donors (Lipinski definition) is 0. The van der Waals surface area contributed by atoms with E-state index in [1.807, 2.05) is 12.1 Å². The first kappa shape index (κ1) is 15.3. The highest BCUT2D eigenvalue weighted by Gasteiger charge is 2.13. The molecule has 1 aromatic rings. The molecular formula is C17H26O3. The Morgan fingerprint density at radius 2 is 1.80 bits per heavy atom. The molecule has 0 spiro atoms. The zero-order chi connectivity index (χ0) is 14.0. The first-order chi connectivity index (χ1) is 9.92. The number of benzene rings is 1. The number of hydrogen-bond acceptors (Lipinski definition) is 3. The standard InChI is InChI=1S/C17H26O3/c1-2-3-4-5-6-7-8-11-16-15-10-9-12-17(16)19-20-18-14-13-15/h9-10,12H,2-8,11,13-14H2,1H3. The Morgan fingerprint density at radius 3 is 2.65 bits per heavy atom. The molecule has 0 unspecified atom stereocenters. The molecule has 0 atom stereocenters. The van der Waals surface area contributed by atoms with E-state index in [1.165, 1.54) is 56.1 Å². The predicted molar refractivity (Wildman–Crippen MR) is 79.5 cm³/mol. The Hall–Kier alpha value is -1.06. The smallest absolute Gasteiger partial charge is 0.172 e. The highest BCUT2D eigenvalue weighted by molar-refractivity contribution is 5.40. The zero-order valence-corrected chi connectivity index (χ0v) is 12.5. The molecule has 2 bridgehead atoms.